The maximum atomic E-state index is 12.7. The molecule has 8 heteroatoms. The molecule has 0 saturated carbocycles. The summed E-state index contributed by atoms with van der Waals surface area (Å²) >= 11 is 0. The molecule has 0 aliphatic carbocycles. The Kier molecular flexibility index (Phi) is 5.14. The summed E-state index contributed by atoms with van der Waals surface area (Å²) < 4.78 is 18.3. The van der Waals surface area contributed by atoms with Crippen molar-refractivity contribution in [3.8, 4) is 17.2 Å². The van der Waals surface area contributed by atoms with E-state index in [9.17, 15) is 14.9 Å². The molecule has 1 aromatic heterocycles. The van der Waals surface area contributed by atoms with Gasteiger partial charge in [-0.3, -0.25) is 14.9 Å². The average molecular weight is 408 g/mol. The maximum absolute atomic E-state index is 12.7. The fraction of sp³-hybridized carbons (Fsp3) is 0.227. The number of aryl methyl sites for hydroxylation is 1. The number of hydrogen-bond donors (Lipinski definition) is 0. The van der Waals surface area contributed by atoms with Crippen LogP contribution in [0.4, 0.5) is 5.69 Å². The van der Waals surface area contributed by atoms with E-state index in [-0.39, 0.29) is 30.6 Å². The standard InChI is InChI=1S/C22H20N2O6/c1-14-9-17(19(25)12-28-20-6-4-3-5-18(20)24(26)27)15(2)23(14)11-16-7-8-21-22(10-16)30-13-29-21/h3-10H,11-13H2,1-2H3. The molecule has 0 unspecified atom stereocenters. The number of nitro groups is 1. The lowest BCUT2D eigenvalue weighted by Gasteiger charge is -2.11. The molecule has 0 bridgehead atoms. The summed E-state index contributed by atoms with van der Waals surface area (Å²) in [6.45, 7) is 4.32. The molecule has 30 heavy (non-hydrogen) atoms. The van der Waals surface area contributed by atoms with Crippen molar-refractivity contribution >= 4 is 11.5 Å². The molecule has 2 aromatic carbocycles. The Hall–Kier alpha value is -3.81. The van der Waals surface area contributed by atoms with Gasteiger partial charge in [-0.2, -0.15) is 0 Å². The number of hydrogen-bond acceptors (Lipinski definition) is 6. The van der Waals surface area contributed by atoms with Crippen LogP contribution >= 0.6 is 0 Å². The number of rotatable bonds is 7. The Bertz CT molecular complexity index is 1130. The first-order chi connectivity index (χ1) is 14.4. The van der Waals surface area contributed by atoms with Gasteiger partial charge in [0.2, 0.25) is 12.6 Å². The van der Waals surface area contributed by atoms with E-state index in [1.807, 2.05) is 42.7 Å². The van der Waals surface area contributed by atoms with Crippen LogP contribution in [0, 0.1) is 24.0 Å². The molecule has 0 saturated heterocycles. The van der Waals surface area contributed by atoms with Gasteiger partial charge < -0.3 is 18.8 Å². The number of carbonyl (C=O) groups is 1. The molecule has 1 aliphatic rings. The van der Waals surface area contributed by atoms with Crippen molar-refractivity contribution in [1.29, 1.82) is 0 Å². The molecule has 2 heterocycles. The van der Waals surface area contributed by atoms with Crippen LogP contribution in [0.15, 0.2) is 48.5 Å². The van der Waals surface area contributed by atoms with E-state index in [1.54, 1.807) is 12.1 Å². The SMILES string of the molecule is Cc1cc(C(=O)COc2ccccc2[N+](=O)[O-])c(C)n1Cc1ccc2c(c1)OCO2. The van der Waals surface area contributed by atoms with Crippen molar-refractivity contribution in [3.63, 3.8) is 0 Å². The molecule has 3 aromatic rings. The van der Waals surface area contributed by atoms with Gasteiger partial charge in [-0.1, -0.05) is 18.2 Å². The summed E-state index contributed by atoms with van der Waals surface area (Å²) in [6, 6.07) is 13.6. The predicted octanol–water partition coefficient (Wildman–Crippen LogP) is 4.05. The van der Waals surface area contributed by atoms with Crippen LogP contribution < -0.4 is 14.2 Å². The smallest absolute Gasteiger partial charge is 0.310 e. The highest BCUT2D eigenvalue weighted by atomic mass is 16.7. The Balaban J connectivity index is 1.50. The van der Waals surface area contributed by atoms with E-state index < -0.39 is 4.92 Å². The van der Waals surface area contributed by atoms with Crippen molar-refractivity contribution in [1.82, 2.24) is 4.57 Å². The highest BCUT2D eigenvalue weighted by molar-refractivity contribution is 5.98. The fourth-order valence-electron chi connectivity index (χ4n) is 3.50. The summed E-state index contributed by atoms with van der Waals surface area (Å²) in [7, 11) is 0. The summed E-state index contributed by atoms with van der Waals surface area (Å²) in [6.07, 6.45) is 0. The molecule has 0 amide bonds. The molecule has 0 atom stereocenters. The van der Waals surface area contributed by atoms with Crippen LogP contribution in [0.5, 0.6) is 17.2 Å². The number of aromatic nitrogens is 1. The maximum Gasteiger partial charge on any atom is 0.310 e. The van der Waals surface area contributed by atoms with Gasteiger partial charge in [-0.15, -0.1) is 0 Å². The number of Topliss-reactive ketones (excluding diaryl/α,β-unsaturated/α-hetero) is 1. The Morgan fingerprint density at radius 3 is 2.70 bits per heavy atom. The number of carbonyl (C=O) groups excluding carboxylic acids is 1. The number of fused-ring (bicyclic) bond motifs is 1. The summed E-state index contributed by atoms with van der Waals surface area (Å²) in [4.78, 5) is 23.3. The topological polar surface area (TPSA) is 92.8 Å². The molecule has 0 fully saturated rings. The summed E-state index contributed by atoms with van der Waals surface area (Å²) in [5, 5.41) is 11.1. The molecule has 0 N–H and O–H groups in total. The second-order valence-corrected chi connectivity index (χ2v) is 7.00. The highest BCUT2D eigenvalue weighted by Gasteiger charge is 2.20. The third-order valence-electron chi connectivity index (χ3n) is 5.07. The van der Waals surface area contributed by atoms with E-state index in [2.05, 4.69) is 0 Å². The van der Waals surface area contributed by atoms with Crippen LogP contribution in [0.25, 0.3) is 0 Å². The molecule has 0 radical (unpaired) electrons. The average Bonchev–Trinajstić information content (AvgIpc) is 3.31. The Morgan fingerprint density at radius 1 is 1.13 bits per heavy atom. The van der Waals surface area contributed by atoms with E-state index in [4.69, 9.17) is 14.2 Å². The quantitative estimate of drug-likeness (QED) is 0.333. The Labute approximate surface area is 172 Å². The van der Waals surface area contributed by atoms with E-state index in [1.165, 1.54) is 12.1 Å². The minimum Gasteiger partial charge on any atom is -0.478 e. The molecular weight excluding hydrogens is 388 g/mol. The van der Waals surface area contributed by atoms with Gasteiger partial charge in [0.05, 0.1) is 4.92 Å². The summed E-state index contributed by atoms with van der Waals surface area (Å²) in [5.41, 5.74) is 3.13. The third-order valence-corrected chi connectivity index (χ3v) is 5.07. The molecule has 1 aliphatic heterocycles. The number of para-hydroxylation sites is 2. The minimum absolute atomic E-state index is 0.0741. The largest absolute Gasteiger partial charge is 0.478 e. The van der Waals surface area contributed by atoms with Gasteiger partial charge in [-0.05, 0) is 43.7 Å². The summed E-state index contributed by atoms with van der Waals surface area (Å²) in [5.74, 6) is 1.27. The zero-order chi connectivity index (χ0) is 21.3. The predicted molar refractivity (Wildman–Crippen MR) is 108 cm³/mol. The zero-order valence-electron chi connectivity index (χ0n) is 16.6. The molecule has 0 spiro atoms. The lowest BCUT2D eigenvalue weighted by atomic mass is 10.1. The van der Waals surface area contributed by atoms with Crippen molar-refractivity contribution in [2.24, 2.45) is 0 Å². The number of ether oxygens (including phenoxy) is 3. The van der Waals surface area contributed by atoms with Gasteiger partial charge in [0.15, 0.2) is 23.9 Å². The van der Waals surface area contributed by atoms with Crippen molar-refractivity contribution < 1.29 is 23.9 Å². The van der Waals surface area contributed by atoms with Gasteiger partial charge in [-0.25, -0.2) is 0 Å². The van der Waals surface area contributed by atoms with E-state index >= 15 is 0 Å². The first-order valence-corrected chi connectivity index (χ1v) is 9.38. The van der Waals surface area contributed by atoms with Gasteiger partial charge in [0, 0.05) is 29.6 Å². The lowest BCUT2D eigenvalue weighted by molar-refractivity contribution is -0.385. The minimum atomic E-state index is -0.531. The molecule has 8 nitrogen and oxygen atoms in total. The van der Waals surface area contributed by atoms with Crippen LogP contribution in [0.2, 0.25) is 0 Å². The molecular formula is C22H20N2O6. The zero-order valence-corrected chi connectivity index (χ0v) is 16.6. The monoisotopic (exact) mass is 408 g/mol. The number of nitrogens with zero attached hydrogens (tertiary/aromatic N) is 2. The van der Waals surface area contributed by atoms with Gasteiger partial charge in [0.1, 0.15) is 0 Å². The number of benzene rings is 2. The number of nitro benzene ring substituents is 1. The first kappa shape index (κ1) is 19.5. The Morgan fingerprint density at radius 2 is 1.90 bits per heavy atom. The van der Waals surface area contributed by atoms with Crippen LogP contribution in [0.1, 0.15) is 27.3 Å². The van der Waals surface area contributed by atoms with Crippen LogP contribution in [-0.2, 0) is 6.54 Å². The first-order valence-electron chi connectivity index (χ1n) is 9.38. The van der Waals surface area contributed by atoms with Crippen molar-refractivity contribution in [3.05, 3.63) is 81.2 Å². The normalized spacial score (nSPS) is 12.1. The third kappa shape index (κ3) is 3.71. The number of ketones is 1. The lowest BCUT2D eigenvalue weighted by Crippen LogP contribution is -2.13. The van der Waals surface area contributed by atoms with E-state index in [0.29, 0.717) is 17.9 Å². The second-order valence-electron chi connectivity index (χ2n) is 7.00. The second kappa shape index (κ2) is 7.90. The van der Waals surface area contributed by atoms with Gasteiger partial charge in [0.25, 0.3) is 0 Å². The van der Waals surface area contributed by atoms with Crippen molar-refractivity contribution in [2.45, 2.75) is 20.4 Å². The fourth-order valence-corrected chi connectivity index (χ4v) is 3.50. The van der Waals surface area contributed by atoms with Crippen molar-refractivity contribution in [2.75, 3.05) is 13.4 Å². The van der Waals surface area contributed by atoms with Crippen LogP contribution in [-0.4, -0.2) is 28.7 Å². The van der Waals surface area contributed by atoms with Crippen LogP contribution in [0.3, 0.4) is 0 Å². The van der Waals surface area contributed by atoms with Gasteiger partial charge >= 0.3 is 5.69 Å². The van der Waals surface area contributed by atoms with E-state index in [0.717, 1.165) is 22.7 Å². The molecule has 154 valence electrons. The molecule has 4 rings (SSSR count). The highest BCUT2D eigenvalue weighted by Crippen LogP contribution is 2.33.